The van der Waals surface area contributed by atoms with Gasteiger partial charge in [0.05, 0.1) is 17.8 Å². The molecule has 6 nitrogen and oxygen atoms in total. The van der Waals surface area contributed by atoms with Crippen LogP contribution < -0.4 is 10.6 Å². The Balaban J connectivity index is 1.55. The van der Waals surface area contributed by atoms with Crippen LogP contribution in [0.3, 0.4) is 0 Å². The summed E-state index contributed by atoms with van der Waals surface area (Å²) in [6.45, 7) is 0.961. The van der Waals surface area contributed by atoms with Gasteiger partial charge in [0.2, 0.25) is 5.91 Å². The molecule has 0 spiro atoms. The van der Waals surface area contributed by atoms with Gasteiger partial charge in [0, 0.05) is 25.5 Å². The fourth-order valence-corrected chi connectivity index (χ4v) is 2.42. The van der Waals surface area contributed by atoms with E-state index in [9.17, 15) is 9.90 Å². The van der Waals surface area contributed by atoms with Gasteiger partial charge in [-0.25, -0.2) is 4.68 Å². The molecular weight excluding hydrogens is 268 g/mol. The van der Waals surface area contributed by atoms with Crippen LogP contribution in [0.4, 0.5) is 0 Å². The van der Waals surface area contributed by atoms with Crippen LogP contribution in [0.15, 0.2) is 42.7 Å². The molecule has 1 aliphatic rings. The Morgan fingerprint density at radius 3 is 2.86 bits per heavy atom. The number of hydrogen-bond acceptors (Lipinski definition) is 4. The molecule has 1 aliphatic heterocycles. The van der Waals surface area contributed by atoms with Crippen molar-refractivity contribution in [3.05, 3.63) is 48.3 Å². The quantitative estimate of drug-likeness (QED) is 0.751. The Morgan fingerprint density at radius 1 is 1.43 bits per heavy atom. The van der Waals surface area contributed by atoms with Gasteiger partial charge in [-0.2, -0.15) is 5.10 Å². The first-order chi connectivity index (χ1) is 10.2. The molecule has 2 atom stereocenters. The molecule has 3 rings (SSSR count). The molecule has 0 aliphatic carbocycles. The average molecular weight is 286 g/mol. The van der Waals surface area contributed by atoms with E-state index in [1.807, 2.05) is 36.5 Å². The second-order valence-electron chi connectivity index (χ2n) is 5.19. The van der Waals surface area contributed by atoms with Crippen LogP contribution >= 0.6 is 0 Å². The van der Waals surface area contributed by atoms with Crippen LogP contribution in [-0.4, -0.2) is 39.5 Å². The number of benzene rings is 1. The van der Waals surface area contributed by atoms with E-state index in [0.717, 1.165) is 11.3 Å². The largest absolute Gasteiger partial charge is 0.392 e. The Hall–Kier alpha value is -2.18. The van der Waals surface area contributed by atoms with E-state index in [1.165, 1.54) is 0 Å². The smallest absolute Gasteiger partial charge is 0.237 e. The summed E-state index contributed by atoms with van der Waals surface area (Å²) in [7, 11) is 0. The number of nitrogens with zero attached hydrogens (tertiary/aromatic N) is 2. The molecule has 6 heteroatoms. The predicted octanol–water partition coefficient (Wildman–Crippen LogP) is 0.211. The highest BCUT2D eigenvalue weighted by atomic mass is 16.3. The third-order valence-corrected chi connectivity index (χ3v) is 3.60. The minimum Gasteiger partial charge on any atom is -0.392 e. The van der Waals surface area contributed by atoms with E-state index in [4.69, 9.17) is 0 Å². The fraction of sp³-hybridized carbons (Fsp3) is 0.333. The summed E-state index contributed by atoms with van der Waals surface area (Å²) in [6.07, 6.45) is 3.67. The van der Waals surface area contributed by atoms with Crippen molar-refractivity contribution < 1.29 is 9.90 Å². The summed E-state index contributed by atoms with van der Waals surface area (Å²) >= 11 is 0. The zero-order chi connectivity index (χ0) is 14.7. The van der Waals surface area contributed by atoms with Crippen molar-refractivity contribution in [2.24, 2.45) is 0 Å². The van der Waals surface area contributed by atoms with Crippen LogP contribution in [0.25, 0.3) is 5.69 Å². The van der Waals surface area contributed by atoms with Crippen molar-refractivity contribution >= 4 is 5.91 Å². The molecule has 2 aromatic rings. The third kappa shape index (κ3) is 3.29. The first kappa shape index (κ1) is 13.8. The van der Waals surface area contributed by atoms with Crippen LogP contribution in [0.5, 0.6) is 0 Å². The number of amides is 1. The highest BCUT2D eigenvalue weighted by molar-refractivity contribution is 5.82. The second kappa shape index (κ2) is 6.07. The monoisotopic (exact) mass is 286 g/mol. The zero-order valence-electron chi connectivity index (χ0n) is 11.6. The molecule has 0 radical (unpaired) electrons. The maximum atomic E-state index is 11.9. The van der Waals surface area contributed by atoms with Crippen molar-refractivity contribution in [3.63, 3.8) is 0 Å². The van der Waals surface area contributed by atoms with Gasteiger partial charge in [0.25, 0.3) is 0 Å². The van der Waals surface area contributed by atoms with E-state index in [-0.39, 0.29) is 11.9 Å². The van der Waals surface area contributed by atoms with E-state index in [1.54, 1.807) is 10.9 Å². The lowest BCUT2D eigenvalue weighted by molar-refractivity contribution is -0.123. The van der Waals surface area contributed by atoms with Gasteiger partial charge < -0.3 is 15.7 Å². The summed E-state index contributed by atoms with van der Waals surface area (Å²) < 4.78 is 1.78. The van der Waals surface area contributed by atoms with Crippen molar-refractivity contribution in [1.82, 2.24) is 20.4 Å². The standard InChI is InChI=1S/C15H18N4O2/c20-13-8-14(16-10-13)15(21)17-9-11-2-4-12(5-3-11)19-7-1-6-18-19/h1-7,13-14,16,20H,8-10H2,(H,17,21)/t13-,14-/m0/s1. The SMILES string of the molecule is O=C(NCc1ccc(-n2cccn2)cc1)[C@@H]1C[C@H](O)CN1. The molecule has 0 bridgehead atoms. The molecule has 0 unspecified atom stereocenters. The topological polar surface area (TPSA) is 79.2 Å². The van der Waals surface area contributed by atoms with Crippen LogP contribution in [0, 0.1) is 0 Å². The number of carbonyl (C=O) groups excluding carboxylic acids is 1. The van der Waals surface area contributed by atoms with Crippen LogP contribution in [-0.2, 0) is 11.3 Å². The zero-order valence-corrected chi connectivity index (χ0v) is 11.6. The number of β-amino-alcohol motifs (C(OH)–C–C–N with tert-alkyl or cyclic N) is 1. The van der Waals surface area contributed by atoms with Crippen molar-refractivity contribution in [2.75, 3.05) is 6.54 Å². The van der Waals surface area contributed by atoms with Crippen molar-refractivity contribution in [2.45, 2.75) is 25.1 Å². The Labute approximate surface area is 122 Å². The van der Waals surface area contributed by atoms with Gasteiger partial charge in [0.15, 0.2) is 0 Å². The summed E-state index contributed by atoms with van der Waals surface area (Å²) in [5.41, 5.74) is 2.01. The summed E-state index contributed by atoms with van der Waals surface area (Å²) in [6, 6.07) is 9.45. The van der Waals surface area contributed by atoms with Crippen molar-refractivity contribution in [3.8, 4) is 5.69 Å². The summed E-state index contributed by atoms with van der Waals surface area (Å²) in [5, 5.41) is 19.4. The minimum atomic E-state index is -0.422. The number of nitrogens with one attached hydrogen (secondary N) is 2. The first-order valence-corrected chi connectivity index (χ1v) is 7.00. The number of aliphatic hydroxyl groups is 1. The number of hydrogen-bond donors (Lipinski definition) is 3. The van der Waals surface area contributed by atoms with Crippen LogP contribution in [0.1, 0.15) is 12.0 Å². The van der Waals surface area contributed by atoms with E-state index >= 15 is 0 Å². The number of carbonyl (C=O) groups is 1. The molecule has 110 valence electrons. The van der Waals surface area contributed by atoms with E-state index in [0.29, 0.717) is 19.5 Å². The van der Waals surface area contributed by atoms with E-state index in [2.05, 4.69) is 15.7 Å². The Bertz CT molecular complexity index is 595. The third-order valence-electron chi connectivity index (χ3n) is 3.60. The van der Waals surface area contributed by atoms with Gasteiger partial charge in [-0.1, -0.05) is 12.1 Å². The van der Waals surface area contributed by atoms with Gasteiger partial charge in [0.1, 0.15) is 0 Å². The molecule has 0 saturated carbocycles. The number of rotatable bonds is 4. The maximum Gasteiger partial charge on any atom is 0.237 e. The Kier molecular flexibility index (Phi) is 3.98. The molecule has 1 aromatic heterocycles. The maximum absolute atomic E-state index is 11.9. The van der Waals surface area contributed by atoms with Gasteiger partial charge in [-0.05, 0) is 30.2 Å². The lowest BCUT2D eigenvalue weighted by Gasteiger charge is -2.11. The molecule has 3 N–H and O–H groups in total. The minimum absolute atomic E-state index is 0.0669. The lowest BCUT2D eigenvalue weighted by atomic mass is 10.1. The lowest BCUT2D eigenvalue weighted by Crippen LogP contribution is -2.39. The number of aromatic nitrogens is 2. The molecule has 1 aromatic carbocycles. The molecule has 1 saturated heterocycles. The molecule has 2 heterocycles. The molecule has 1 fully saturated rings. The fourth-order valence-electron chi connectivity index (χ4n) is 2.42. The first-order valence-electron chi connectivity index (χ1n) is 7.00. The molecular formula is C15H18N4O2. The highest BCUT2D eigenvalue weighted by Crippen LogP contribution is 2.09. The average Bonchev–Trinajstić information content (AvgIpc) is 3.16. The van der Waals surface area contributed by atoms with Gasteiger partial charge in [-0.3, -0.25) is 4.79 Å². The normalized spacial score (nSPS) is 21.4. The van der Waals surface area contributed by atoms with E-state index < -0.39 is 6.10 Å². The van der Waals surface area contributed by atoms with Crippen LogP contribution in [0.2, 0.25) is 0 Å². The summed E-state index contributed by atoms with van der Waals surface area (Å²) in [5.74, 6) is -0.0669. The second-order valence-corrected chi connectivity index (χ2v) is 5.19. The number of aliphatic hydroxyl groups excluding tert-OH is 1. The predicted molar refractivity (Wildman–Crippen MR) is 77.8 cm³/mol. The van der Waals surface area contributed by atoms with Crippen molar-refractivity contribution in [1.29, 1.82) is 0 Å². The molecule has 21 heavy (non-hydrogen) atoms. The summed E-state index contributed by atoms with van der Waals surface area (Å²) in [4.78, 5) is 11.9. The molecule has 1 amide bonds. The van der Waals surface area contributed by atoms with Gasteiger partial charge in [-0.15, -0.1) is 0 Å². The van der Waals surface area contributed by atoms with Gasteiger partial charge >= 0.3 is 0 Å². The highest BCUT2D eigenvalue weighted by Gasteiger charge is 2.27. The Morgan fingerprint density at radius 2 is 2.24 bits per heavy atom.